The first kappa shape index (κ1) is 9.92. The Kier molecular flexibility index (Phi) is 2.55. The zero-order valence-electron chi connectivity index (χ0n) is 8.31. The molecule has 1 amide bonds. The third kappa shape index (κ3) is 2.24. The van der Waals surface area contributed by atoms with Gasteiger partial charge in [-0.15, -0.1) is 0 Å². The maximum atomic E-state index is 10.8. The van der Waals surface area contributed by atoms with Crippen LogP contribution in [0.2, 0.25) is 0 Å². The van der Waals surface area contributed by atoms with E-state index in [2.05, 4.69) is 10.3 Å². The number of aromatic nitrogens is 1. The lowest BCUT2D eigenvalue weighted by Crippen LogP contribution is -2.44. The topological polar surface area (TPSA) is 94.0 Å². The molecule has 0 spiro atoms. The predicted octanol–water partition coefficient (Wildman–Crippen LogP) is 0.0821. The van der Waals surface area contributed by atoms with Gasteiger partial charge in [0.1, 0.15) is 5.82 Å². The van der Waals surface area contributed by atoms with Crippen LogP contribution in [-0.4, -0.2) is 23.0 Å². The second-order valence-corrected chi connectivity index (χ2v) is 3.87. The molecule has 1 aliphatic carbocycles. The van der Waals surface area contributed by atoms with Gasteiger partial charge in [0, 0.05) is 18.3 Å². The first-order valence-corrected chi connectivity index (χ1v) is 4.93. The van der Waals surface area contributed by atoms with Gasteiger partial charge in [-0.1, -0.05) is 0 Å². The number of rotatable bonds is 3. The number of amides is 1. The van der Waals surface area contributed by atoms with Crippen molar-refractivity contribution in [1.29, 1.82) is 0 Å². The minimum absolute atomic E-state index is 0.312. The summed E-state index contributed by atoms with van der Waals surface area (Å²) in [5.74, 6) is 0.302. The summed E-state index contributed by atoms with van der Waals surface area (Å²) >= 11 is 0. The van der Waals surface area contributed by atoms with Crippen LogP contribution in [-0.2, 0) is 0 Å². The van der Waals surface area contributed by atoms with Crippen molar-refractivity contribution in [3.63, 3.8) is 0 Å². The zero-order valence-corrected chi connectivity index (χ0v) is 8.31. The Hall–Kier alpha value is -1.62. The van der Waals surface area contributed by atoms with Crippen molar-refractivity contribution in [3.05, 3.63) is 23.9 Å². The highest BCUT2D eigenvalue weighted by Gasteiger charge is 2.25. The van der Waals surface area contributed by atoms with Crippen molar-refractivity contribution < 1.29 is 4.79 Å². The van der Waals surface area contributed by atoms with E-state index in [-0.39, 0.29) is 0 Å². The van der Waals surface area contributed by atoms with Crippen LogP contribution in [0.25, 0.3) is 0 Å². The predicted molar refractivity (Wildman–Crippen MR) is 57.4 cm³/mol. The Labute approximate surface area is 87.9 Å². The number of carbonyl (C=O) groups is 1. The van der Waals surface area contributed by atoms with Crippen molar-refractivity contribution in [2.24, 2.45) is 11.5 Å². The monoisotopic (exact) mass is 206 g/mol. The average molecular weight is 206 g/mol. The summed E-state index contributed by atoms with van der Waals surface area (Å²) in [5, 5.41) is 3.23. The summed E-state index contributed by atoms with van der Waals surface area (Å²) in [5.41, 5.74) is 11.2. The summed E-state index contributed by atoms with van der Waals surface area (Å²) in [7, 11) is 0. The molecule has 1 aromatic heterocycles. The Morgan fingerprint density at radius 2 is 2.20 bits per heavy atom. The molecule has 1 saturated carbocycles. The maximum absolute atomic E-state index is 10.8. The van der Waals surface area contributed by atoms with E-state index in [1.54, 1.807) is 12.1 Å². The fourth-order valence-corrected chi connectivity index (χ4v) is 1.61. The fraction of sp³-hybridized carbons (Fsp3) is 0.400. The van der Waals surface area contributed by atoms with Crippen LogP contribution in [0.3, 0.4) is 0 Å². The summed E-state index contributed by atoms with van der Waals surface area (Å²) < 4.78 is 0. The molecular weight excluding hydrogens is 192 g/mol. The van der Waals surface area contributed by atoms with E-state index in [1.165, 1.54) is 6.20 Å². The second-order valence-electron chi connectivity index (χ2n) is 3.87. The Bertz CT molecular complexity index is 356. The summed E-state index contributed by atoms with van der Waals surface area (Å²) in [4.78, 5) is 14.9. The van der Waals surface area contributed by atoms with Crippen LogP contribution >= 0.6 is 0 Å². The first-order chi connectivity index (χ1) is 7.15. The molecule has 5 heteroatoms. The van der Waals surface area contributed by atoms with Crippen LogP contribution in [0.15, 0.2) is 18.3 Å². The van der Waals surface area contributed by atoms with Crippen LogP contribution in [0.1, 0.15) is 23.2 Å². The SMILES string of the molecule is NC(=O)c1ccc(NC2CC(N)C2)nc1. The van der Waals surface area contributed by atoms with Gasteiger partial charge >= 0.3 is 0 Å². The molecule has 0 atom stereocenters. The van der Waals surface area contributed by atoms with Crippen molar-refractivity contribution in [2.75, 3.05) is 5.32 Å². The number of anilines is 1. The van der Waals surface area contributed by atoms with Crippen molar-refractivity contribution in [2.45, 2.75) is 24.9 Å². The lowest BCUT2D eigenvalue weighted by Gasteiger charge is -2.33. The Morgan fingerprint density at radius 1 is 1.47 bits per heavy atom. The van der Waals surface area contributed by atoms with Crippen LogP contribution in [0.4, 0.5) is 5.82 Å². The molecule has 80 valence electrons. The van der Waals surface area contributed by atoms with E-state index in [0.717, 1.165) is 18.7 Å². The van der Waals surface area contributed by atoms with Gasteiger partial charge in [-0.25, -0.2) is 4.98 Å². The highest BCUT2D eigenvalue weighted by atomic mass is 16.1. The van der Waals surface area contributed by atoms with Gasteiger partial charge in [-0.2, -0.15) is 0 Å². The normalized spacial score (nSPS) is 24.3. The largest absolute Gasteiger partial charge is 0.367 e. The summed E-state index contributed by atoms with van der Waals surface area (Å²) in [6.07, 6.45) is 3.42. The smallest absolute Gasteiger partial charge is 0.250 e. The molecule has 0 saturated heterocycles. The molecule has 5 N–H and O–H groups in total. The lowest BCUT2D eigenvalue weighted by atomic mass is 9.88. The van der Waals surface area contributed by atoms with Gasteiger partial charge in [0.25, 0.3) is 0 Å². The van der Waals surface area contributed by atoms with Gasteiger partial charge in [0.05, 0.1) is 5.56 Å². The van der Waals surface area contributed by atoms with Gasteiger partial charge in [-0.05, 0) is 25.0 Å². The van der Waals surface area contributed by atoms with Crippen LogP contribution in [0, 0.1) is 0 Å². The molecule has 0 unspecified atom stereocenters. The minimum Gasteiger partial charge on any atom is -0.367 e. The van der Waals surface area contributed by atoms with E-state index in [9.17, 15) is 4.79 Å². The molecule has 0 aliphatic heterocycles. The van der Waals surface area contributed by atoms with E-state index >= 15 is 0 Å². The number of carbonyl (C=O) groups excluding carboxylic acids is 1. The molecular formula is C10H14N4O. The van der Waals surface area contributed by atoms with Gasteiger partial charge in [0.15, 0.2) is 0 Å². The molecule has 1 aliphatic rings. The van der Waals surface area contributed by atoms with E-state index in [4.69, 9.17) is 11.5 Å². The third-order valence-corrected chi connectivity index (χ3v) is 2.57. The van der Waals surface area contributed by atoms with Crippen molar-refractivity contribution >= 4 is 11.7 Å². The molecule has 0 radical (unpaired) electrons. The molecule has 1 heterocycles. The van der Waals surface area contributed by atoms with E-state index in [1.807, 2.05) is 0 Å². The number of pyridine rings is 1. The van der Waals surface area contributed by atoms with Gasteiger partial charge in [0.2, 0.25) is 5.91 Å². The first-order valence-electron chi connectivity index (χ1n) is 4.93. The fourth-order valence-electron chi connectivity index (χ4n) is 1.61. The molecule has 0 aromatic carbocycles. The summed E-state index contributed by atoms with van der Waals surface area (Å²) in [6.45, 7) is 0. The van der Waals surface area contributed by atoms with E-state index in [0.29, 0.717) is 17.6 Å². The zero-order chi connectivity index (χ0) is 10.8. The second kappa shape index (κ2) is 3.86. The number of hydrogen-bond acceptors (Lipinski definition) is 4. The Balaban J connectivity index is 1.95. The molecule has 1 aromatic rings. The molecule has 1 fully saturated rings. The molecule has 15 heavy (non-hydrogen) atoms. The number of hydrogen-bond donors (Lipinski definition) is 3. The Morgan fingerprint density at radius 3 is 2.67 bits per heavy atom. The molecule has 5 nitrogen and oxygen atoms in total. The lowest BCUT2D eigenvalue weighted by molar-refractivity contribution is 0.1000. The van der Waals surface area contributed by atoms with Crippen molar-refractivity contribution in [1.82, 2.24) is 4.98 Å². The average Bonchev–Trinajstić information content (AvgIpc) is 2.16. The van der Waals surface area contributed by atoms with Gasteiger partial charge in [-0.3, -0.25) is 4.79 Å². The highest BCUT2D eigenvalue weighted by molar-refractivity contribution is 5.92. The van der Waals surface area contributed by atoms with Crippen LogP contribution in [0.5, 0.6) is 0 Å². The summed E-state index contributed by atoms with van der Waals surface area (Å²) in [6, 6.07) is 4.14. The third-order valence-electron chi connectivity index (χ3n) is 2.57. The number of primary amides is 1. The quantitative estimate of drug-likeness (QED) is 0.653. The highest BCUT2D eigenvalue weighted by Crippen LogP contribution is 2.21. The van der Waals surface area contributed by atoms with Gasteiger partial charge < -0.3 is 16.8 Å². The van der Waals surface area contributed by atoms with Crippen LogP contribution < -0.4 is 16.8 Å². The number of nitrogens with two attached hydrogens (primary N) is 2. The molecule has 0 bridgehead atoms. The maximum Gasteiger partial charge on any atom is 0.250 e. The van der Waals surface area contributed by atoms with E-state index < -0.39 is 5.91 Å². The van der Waals surface area contributed by atoms with Crippen molar-refractivity contribution in [3.8, 4) is 0 Å². The molecule has 2 rings (SSSR count). The minimum atomic E-state index is -0.459. The number of nitrogens with zero attached hydrogens (tertiary/aromatic N) is 1. The standard InChI is InChI=1S/C10H14N4O/c11-7-3-8(4-7)14-9-2-1-6(5-13-9)10(12)15/h1-2,5,7-8H,3-4,11H2,(H2,12,15)(H,13,14). The number of nitrogens with one attached hydrogen (secondary N) is 1.